The van der Waals surface area contributed by atoms with E-state index in [2.05, 4.69) is 43.0 Å². The van der Waals surface area contributed by atoms with E-state index in [-0.39, 0.29) is 0 Å². The van der Waals surface area contributed by atoms with Crippen molar-refractivity contribution in [3.8, 4) is 0 Å². The van der Waals surface area contributed by atoms with Crippen LogP contribution in [-0.4, -0.2) is 21.8 Å². The quantitative estimate of drug-likeness (QED) is 0.610. The normalized spacial score (nSPS) is 10.8. The van der Waals surface area contributed by atoms with Crippen LogP contribution >= 0.6 is 11.8 Å². The summed E-state index contributed by atoms with van der Waals surface area (Å²) in [6.45, 7) is 9.65. The van der Waals surface area contributed by atoms with Gasteiger partial charge < -0.3 is 5.32 Å². The van der Waals surface area contributed by atoms with Crippen molar-refractivity contribution >= 4 is 17.6 Å². The fraction of sp³-hybridized carbons (Fsp3) is 0.667. The summed E-state index contributed by atoms with van der Waals surface area (Å²) < 4.78 is 0. The Bertz CT molecular complexity index is 326. The SMILES string of the molecule is CCCNc1ncnc(SC(C)C)c1CC. The van der Waals surface area contributed by atoms with Gasteiger partial charge in [0.05, 0.1) is 0 Å². The molecule has 4 heteroatoms. The van der Waals surface area contributed by atoms with Crippen LogP contribution in [-0.2, 0) is 6.42 Å². The number of thioether (sulfide) groups is 1. The van der Waals surface area contributed by atoms with Crippen molar-refractivity contribution in [2.24, 2.45) is 0 Å². The van der Waals surface area contributed by atoms with Gasteiger partial charge >= 0.3 is 0 Å². The molecule has 0 aromatic carbocycles. The molecule has 3 nitrogen and oxygen atoms in total. The zero-order chi connectivity index (χ0) is 12.0. The molecule has 1 heterocycles. The van der Waals surface area contributed by atoms with Crippen LogP contribution in [0.2, 0.25) is 0 Å². The highest BCUT2D eigenvalue weighted by molar-refractivity contribution is 7.99. The third-order valence-electron chi connectivity index (χ3n) is 2.15. The second kappa shape index (κ2) is 6.74. The molecule has 90 valence electrons. The fourth-order valence-electron chi connectivity index (χ4n) is 1.44. The van der Waals surface area contributed by atoms with Gasteiger partial charge in [-0.25, -0.2) is 9.97 Å². The molecule has 0 amide bonds. The fourth-order valence-corrected chi connectivity index (χ4v) is 2.37. The van der Waals surface area contributed by atoms with E-state index in [4.69, 9.17) is 0 Å². The Kier molecular flexibility index (Phi) is 5.60. The standard InChI is InChI=1S/C12H21N3S/c1-5-7-13-11-10(6-2)12(15-8-14-11)16-9(3)4/h8-9H,5-7H2,1-4H3,(H,13,14,15). The van der Waals surface area contributed by atoms with Crippen molar-refractivity contribution in [2.75, 3.05) is 11.9 Å². The second-order valence-corrected chi connectivity index (χ2v) is 5.52. The Hall–Kier alpha value is -0.770. The van der Waals surface area contributed by atoms with Gasteiger partial charge in [-0.1, -0.05) is 27.7 Å². The van der Waals surface area contributed by atoms with Crippen LogP contribution in [0.1, 0.15) is 39.7 Å². The highest BCUT2D eigenvalue weighted by Crippen LogP contribution is 2.28. The molecule has 1 N–H and O–H groups in total. The maximum Gasteiger partial charge on any atom is 0.133 e. The Morgan fingerprint density at radius 2 is 2.06 bits per heavy atom. The molecule has 16 heavy (non-hydrogen) atoms. The molecule has 1 aromatic rings. The first kappa shape index (κ1) is 13.3. The maximum atomic E-state index is 4.37. The van der Waals surface area contributed by atoms with Crippen molar-refractivity contribution in [1.82, 2.24) is 9.97 Å². The molecule has 1 aromatic heterocycles. The molecule has 1 rings (SSSR count). The molecule has 0 atom stereocenters. The Labute approximate surface area is 102 Å². The number of anilines is 1. The topological polar surface area (TPSA) is 37.8 Å². The summed E-state index contributed by atoms with van der Waals surface area (Å²) in [5, 5.41) is 5.03. The number of nitrogens with zero attached hydrogens (tertiary/aromatic N) is 2. The molecule has 0 bridgehead atoms. The third-order valence-corrected chi connectivity index (χ3v) is 3.20. The zero-order valence-electron chi connectivity index (χ0n) is 10.6. The van der Waals surface area contributed by atoms with Gasteiger partial charge in [-0.05, 0) is 12.8 Å². The van der Waals surface area contributed by atoms with E-state index in [1.807, 2.05) is 0 Å². The largest absolute Gasteiger partial charge is 0.370 e. The van der Waals surface area contributed by atoms with Crippen LogP contribution in [0.4, 0.5) is 5.82 Å². The minimum Gasteiger partial charge on any atom is -0.370 e. The summed E-state index contributed by atoms with van der Waals surface area (Å²) in [4.78, 5) is 8.69. The monoisotopic (exact) mass is 239 g/mol. The van der Waals surface area contributed by atoms with Crippen molar-refractivity contribution in [3.05, 3.63) is 11.9 Å². The van der Waals surface area contributed by atoms with E-state index >= 15 is 0 Å². The van der Waals surface area contributed by atoms with Crippen LogP contribution in [0.25, 0.3) is 0 Å². The van der Waals surface area contributed by atoms with Gasteiger partial charge in [0.15, 0.2) is 0 Å². The molecule has 0 radical (unpaired) electrons. The molecular formula is C12H21N3S. The van der Waals surface area contributed by atoms with E-state index in [1.54, 1.807) is 18.1 Å². The lowest BCUT2D eigenvalue weighted by atomic mass is 10.2. The molecule has 0 spiro atoms. The third kappa shape index (κ3) is 3.67. The molecular weight excluding hydrogens is 218 g/mol. The van der Waals surface area contributed by atoms with E-state index < -0.39 is 0 Å². The Morgan fingerprint density at radius 3 is 2.62 bits per heavy atom. The van der Waals surface area contributed by atoms with Crippen molar-refractivity contribution in [1.29, 1.82) is 0 Å². The molecule has 0 saturated carbocycles. The molecule has 0 unspecified atom stereocenters. The molecule has 0 fully saturated rings. The van der Waals surface area contributed by atoms with Crippen LogP contribution in [0, 0.1) is 0 Å². The van der Waals surface area contributed by atoms with Crippen LogP contribution in [0.15, 0.2) is 11.4 Å². The lowest BCUT2D eigenvalue weighted by Crippen LogP contribution is -2.07. The van der Waals surface area contributed by atoms with E-state index in [0.717, 1.165) is 30.2 Å². The van der Waals surface area contributed by atoms with Gasteiger partial charge in [0.2, 0.25) is 0 Å². The van der Waals surface area contributed by atoms with E-state index in [9.17, 15) is 0 Å². The lowest BCUT2D eigenvalue weighted by Gasteiger charge is -2.13. The summed E-state index contributed by atoms with van der Waals surface area (Å²) in [5.74, 6) is 1.00. The minimum atomic E-state index is 0.555. The Balaban J connectivity index is 2.91. The van der Waals surface area contributed by atoms with Gasteiger partial charge in [0, 0.05) is 17.4 Å². The highest BCUT2D eigenvalue weighted by atomic mass is 32.2. The van der Waals surface area contributed by atoms with E-state index in [0.29, 0.717) is 5.25 Å². The van der Waals surface area contributed by atoms with Crippen molar-refractivity contribution < 1.29 is 0 Å². The van der Waals surface area contributed by atoms with Crippen LogP contribution in [0.5, 0.6) is 0 Å². The summed E-state index contributed by atoms with van der Waals surface area (Å²) in [5.41, 5.74) is 1.25. The summed E-state index contributed by atoms with van der Waals surface area (Å²) in [7, 11) is 0. The van der Waals surface area contributed by atoms with E-state index in [1.165, 1.54) is 5.56 Å². The number of nitrogens with one attached hydrogen (secondary N) is 1. The molecule has 0 aliphatic heterocycles. The average Bonchev–Trinajstić information content (AvgIpc) is 2.25. The van der Waals surface area contributed by atoms with Crippen molar-refractivity contribution in [3.63, 3.8) is 0 Å². The van der Waals surface area contributed by atoms with Gasteiger partial charge in [-0.3, -0.25) is 0 Å². The summed E-state index contributed by atoms with van der Waals surface area (Å²) >= 11 is 1.81. The summed E-state index contributed by atoms with van der Waals surface area (Å²) in [6, 6.07) is 0. The highest BCUT2D eigenvalue weighted by Gasteiger charge is 2.10. The average molecular weight is 239 g/mol. The first-order chi connectivity index (χ1) is 7.69. The van der Waals surface area contributed by atoms with Gasteiger partial charge in [0.25, 0.3) is 0 Å². The minimum absolute atomic E-state index is 0.555. The maximum absolute atomic E-state index is 4.37. The van der Waals surface area contributed by atoms with Gasteiger partial charge in [0.1, 0.15) is 17.2 Å². The predicted octanol–water partition coefficient (Wildman–Crippen LogP) is 3.36. The Morgan fingerprint density at radius 1 is 1.31 bits per heavy atom. The number of aromatic nitrogens is 2. The first-order valence-corrected chi connectivity index (χ1v) is 6.81. The number of hydrogen-bond donors (Lipinski definition) is 1. The zero-order valence-corrected chi connectivity index (χ0v) is 11.4. The van der Waals surface area contributed by atoms with Crippen LogP contribution < -0.4 is 5.32 Å². The van der Waals surface area contributed by atoms with Crippen molar-refractivity contribution in [2.45, 2.75) is 50.8 Å². The first-order valence-electron chi connectivity index (χ1n) is 5.93. The van der Waals surface area contributed by atoms with Gasteiger partial charge in [-0.2, -0.15) is 0 Å². The molecule has 0 saturated heterocycles. The second-order valence-electron chi connectivity index (χ2n) is 3.95. The number of hydrogen-bond acceptors (Lipinski definition) is 4. The predicted molar refractivity (Wildman–Crippen MR) is 71.2 cm³/mol. The molecule has 0 aliphatic carbocycles. The number of rotatable bonds is 6. The van der Waals surface area contributed by atoms with Gasteiger partial charge in [-0.15, -0.1) is 11.8 Å². The summed E-state index contributed by atoms with van der Waals surface area (Å²) in [6.07, 6.45) is 3.74. The smallest absolute Gasteiger partial charge is 0.133 e. The van der Waals surface area contributed by atoms with Crippen LogP contribution in [0.3, 0.4) is 0 Å². The lowest BCUT2D eigenvalue weighted by molar-refractivity contribution is 0.908. The molecule has 0 aliphatic rings.